The van der Waals surface area contributed by atoms with Crippen LogP contribution >= 0.6 is 0 Å². The molecule has 0 aliphatic rings. The second-order valence-corrected chi connectivity index (χ2v) is 6.22. The third kappa shape index (κ3) is 5.01. The molecule has 0 radical (unpaired) electrons. The molecular formula is C22H17F3N2O2. The topological polar surface area (TPSA) is 58.2 Å². The largest absolute Gasteiger partial charge is 0.417 e. The van der Waals surface area contributed by atoms with E-state index in [1.54, 1.807) is 60.7 Å². The smallest absolute Gasteiger partial charge is 0.336 e. The summed E-state index contributed by atoms with van der Waals surface area (Å²) in [6, 6.07) is 20.2. The van der Waals surface area contributed by atoms with Crippen LogP contribution < -0.4 is 10.6 Å². The number of amides is 2. The van der Waals surface area contributed by atoms with Crippen LogP contribution in [-0.2, 0) is 11.0 Å². The summed E-state index contributed by atoms with van der Waals surface area (Å²) in [7, 11) is 0. The predicted octanol–water partition coefficient (Wildman–Crippen LogP) is 4.82. The molecule has 3 aromatic carbocycles. The zero-order valence-electron chi connectivity index (χ0n) is 15.1. The Morgan fingerprint density at radius 1 is 0.759 bits per heavy atom. The number of alkyl halides is 3. The molecule has 0 aromatic heterocycles. The second-order valence-electron chi connectivity index (χ2n) is 6.22. The van der Waals surface area contributed by atoms with Crippen LogP contribution in [0.2, 0.25) is 0 Å². The number of para-hydroxylation sites is 1. The molecule has 0 aliphatic carbocycles. The Morgan fingerprint density at radius 2 is 1.31 bits per heavy atom. The third-order valence-electron chi connectivity index (χ3n) is 4.19. The molecule has 0 saturated carbocycles. The molecule has 148 valence electrons. The molecule has 2 amide bonds. The highest BCUT2D eigenvalue weighted by molar-refractivity contribution is 6.02. The highest BCUT2D eigenvalue weighted by Gasteiger charge is 2.35. The lowest BCUT2D eigenvalue weighted by Gasteiger charge is -2.20. The Bertz CT molecular complexity index is 990. The molecule has 0 fully saturated rings. The van der Waals surface area contributed by atoms with Crippen molar-refractivity contribution in [3.63, 3.8) is 0 Å². The molecule has 2 N–H and O–H groups in total. The van der Waals surface area contributed by atoms with Crippen molar-refractivity contribution in [3.8, 4) is 0 Å². The van der Waals surface area contributed by atoms with Gasteiger partial charge in [0.1, 0.15) is 6.04 Å². The molecule has 0 aliphatic heterocycles. The van der Waals surface area contributed by atoms with E-state index in [4.69, 9.17) is 0 Å². The first kappa shape index (κ1) is 20.1. The van der Waals surface area contributed by atoms with Gasteiger partial charge in [-0.2, -0.15) is 13.2 Å². The van der Waals surface area contributed by atoms with Crippen molar-refractivity contribution in [1.29, 1.82) is 0 Å². The molecule has 3 aromatic rings. The van der Waals surface area contributed by atoms with Gasteiger partial charge in [0.2, 0.25) is 0 Å². The number of hydrogen-bond acceptors (Lipinski definition) is 2. The third-order valence-corrected chi connectivity index (χ3v) is 4.19. The predicted molar refractivity (Wildman–Crippen MR) is 103 cm³/mol. The Morgan fingerprint density at radius 3 is 1.93 bits per heavy atom. The van der Waals surface area contributed by atoms with Gasteiger partial charge in [0.05, 0.1) is 11.1 Å². The van der Waals surface area contributed by atoms with Crippen molar-refractivity contribution in [2.24, 2.45) is 0 Å². The summed E-state index contributed by atoms with van der Waals surface area (Å²) >= 11 is 0. The lowest BCUT2D eigenvalue weighted by atomic mass is 10.0. The van der Waals surface area contributed by atoms with Gasteiger partial charge in [-0.1, -0.05) is 60.7 Å². The first-order valence-corrected chi connectivity index (χ1v) is 8.74. The Hall–Kier alpha value is -3.61. The number of carbonyl (C=O) groups is 2. The van der Waals surface area contributed by atoms with E-state index in [1.165, 1.54) is 12.1 Å². The monoisotopic (exact) mass is 398 g/mol. The minimum absolute atomic E-state index is 0.443. The fourth-order valence-corrected chi connectivity index (χ4v) is 2.82. The van der Waals surface area contributed by atoms with E-state index < -0.39 is 35.2 Å². The van der Waals surface area contributed by atoms with Crippen LogP contribution in [0.4, 0.5) is 18.9 Å². The van der Waals surface area contributed by atoms with Gasteiger partial charge in [-0.25, -0.2) is 0 Å². The summed E-state index contributed by atoms with van der Waals surface area (Å²) < 4.78 is 39.8. The SMILES string of the molecule is O=C(NC(C(=O)Nc1ccccc1)c1ccccc1)c1ccccc1C(F)(F)F. The van der Waals surface area contributed by atoms with E-state index in [0.717, 1.165) is 12.1 Å². The van der Waals surface area contributed by atoms with Crippen molar-refractivity contribution in [1.82, 2.24) is 5.32 Å². The molecule has 0 saturated heterocycles. The van der Waals surface area contributed by atoms with Crippen LogP contribution in [0.3, 0.4) is 0 Å². The fraction of sp³-hybridized carbons (Fsp3) is 0.0909. The lowest BCUT2D eigenvalue weighted by Crippen LogP contribution is -2.37. The summed E-state index contributed by atoms with van der Waals surface area (Å²) in [5.74, 6) is -1.56. The first-order chi connectivity index (χ1) is 13.9. The van der Waals surface area contributed by atoms with Crippen molar-refractivity contribution in [2.75, 3.05) is 5.32 Å². The van der Waals surface area contributed by atoms with E-state index >= 15 is 0 Å². The zero-order valence-corrected chi connectivity index (χ0v) is 15.1. The molecule has 4 nitrogen and oxygen atoms in total. The maximum atomic E-state index is 13.3. The van der Waals surface area contributed by atoms with Crippen molar-refractivity contribution >= 4 is 17.5 Å². The highest BCUT2D eigenvalue weighted by atomic mass is 19.4. The van der Waals surface area contributed by atoms with Crippen LogP contribution in [0.5, 0.6) is 0 Å². The van der Waals surface area contributed by atoms with Crippen LogP contribution in [0.25, 0.3) is 0 Å². The fourth-order valence-electron chi connectivity index (χ4n) is 2.82. The van der Waals surface area contributed by atoms with Crippen LogP contribution in [0.1, 0.15) is 27.5 Å². The van der Waals surface area contributed by atoms with Gasteiger partial charge in [0.25, 0.3) is 11.8 Å². The van der Waals surface area contributed by atoms with Crippen LogP contribution in [0, 0.1) is 0 Å². The average molecular weight is 398 g/mol. The Balaban J connectivity index is 1.90. The number of rotatable bonds is 5. The second kappa shape index (κ2) is 8.60. The molecule has 1 atom stereocenters. The minimum Gasteiger partial charge on any atom is -0.336 e. The number of halogens is 3. The van der Waals surface area contributed by atoms with Gasteiger partial charge in [-0.15, -0.1) is 0 Å². The normalized spacial score (nSPS) is 12.1. The summed E-state index contributed by atoms with van der Waals surface area (Å²) in [4.78, 5) is 25.5. The summed E-state index contributed by atoms with van der Waals surface area (Å²) in [5.41, 5.74) is -0.664. The summed E-state index contributed by atoms with van der Waals surface area (Å²) in [5, 5.41) is 5.10. The molecule has 0 bridgehead atoms. The van der Waals surface area contributed by atoms with Crippen LogP contribution in [-0.4, -0.2) is 11.8 Å². The molecular weight excluding hydrogens is 381 g/mol. The number of anilines is 1. The van der Waals surface area contributed by atoms with Gasteiger partial charge in [-0.3, -0.25) is 9.59 Å². The molecule has 29 heavy (non-hydrogen) atoms. The quantitative estimate of drug-likeness (QED) is 0.648. The van der Waals surface area contributed by atoms with E-state index in [2.05, 4.69) is 10.6 Å². The molecule has 3 rings (SSSR count). The molecule has 0 spiro atoms. The van der Waals surface area contributed by atoms with Gasteiger partial charge in [0, 0.05) is 5.69 Å². The summed E-state index contributed by atoms with van der Waals surface area (Å²) in [6.07, 6.45) is -4.69. The van der Waals surface area contributed by atoms with Gasteiger partial charge in [0.15, 0.2) is 0 Å². The number of hydrogen-bond donors (Lipinski definition) is 2. The Labute approximate surface area is 165 Å². The Kier molecular flexibility index (Phi) is 5.97. The standard InChI is InChI=1S/C22H17F3N2O2/c23-22(24,25)18-14-8-7-13-17(18)20(28)27-19(15-9-3-1-4-10-15)21(29)26-16-11-5-2-6-12-16/h1-14,19H,(H,26,29)(H,27,28). The maximum absolute atomic E-state index is 13.3. The van der Waals surface area contributed by atoms with Gasteiger partial charge in [-0.05, 0) is 29.8 Å². The van der Waals surface area contributed by atoms with E-state index in [9.17, 15) is 22.8 Å². The number of benzene rings is 3. The lowest BCUT2D eigenvalue weighted by molar-refractivity contribution is -0.137. The van der Waals surface area contributed by atoms with Gasteiger partial charge >= 0.3 is 6.18 Å². The van der Waals surface area contributed by atoms with Gasteiger partial charge < -0.3 is 10.6 Å². The van der Waals surface area contributed by atoms with E-state index in [-0.39, 0.29) is 0 Å². The van der Waals surface area contributed by atoms with E-state index in [1.807, 2.05) is 0 Å². The number of nitrogens with one attached hydrogen (secondary N) is 2. The highest BCUT2D eigenvalue weighted by Crippen LogP contribution is 2.32. The maximum Gasteiger partial charge on any atom is 0.417 e. The molecule has 7 heteroatoms. The van der Waals surface area contributed by atoms with Crippen LogP contribution in [0.15, 0.2) is 84.9 Å². The average Bonchev–Trinajstić information content (AvgIpc) is 2.72. The zero-order chi connectivity index (χ0) is 20.9. The van der Waals surface area contributed by atoms with Crippen molar-refractivity contribution in [2.45, 2.75) is 12.2 Å². The minimum atomic E-state index is -4.69. The molecule has 1 unspecified atom stereocenters. The number of carbonyl (C=O) groups excluding carboxylic acids is 2. The first-order valence-electron chi connectivity index (χ1n) is 8.74. The van der Waals surface area contributed by atoms with E-state index in [0.29, 0.717) is 11.3 Å². The molecule has 0 heterocycles. The van der Waals surface area contributed by atoms with Crippen molar-refractivity contribution < 1.29 is 22.8 Å². The summed E-state index contributed by atoms with van der Waals surface area (Å²) in [6.45, 7) is 0. The van der Waals surface area contributed by atoms with Crippen molar-refractivity contribution in [3.05, 3.63) is 102 Å².